The van der Waals surface area contributed by atoms with Gasteiger partial charge in [0.15, 0.2) is 0 Å². The molecule has 37 heavy (non-hydrogen) atoms. The van der Waals surface area contributed by atoms with Gasteiger partial charge in [0.25, 0.3) is 0 Å². The van der Waals surface area contributed by atoms with Crippen LogP contribution in [0.1, 0.15) is 63.9 Å². The van der Waals surface area contributed by atoms with E-state index >= 15 is 0 Å². The number of halogens is 2. The molecule has 0 spiro atoms. The third kappa shape index (κ3) is 6.73. The Kier molecular flexibility index (Phi) is 10.2. The predicted octanol–water partition coefficient (Wildman–Crippen LogP) is 8.11. The van der Waals surface area contributed by atoms with Gasteiger partial charge in [0.05, 0.1) is 0 Å². The van der Waals surface area contributed by atoms with Crippen LogP contribution in [0.15, 0.2) is 42.5 Å². The molecule has 3 nitrogen and oxygen atoms in total. The number of ether oxygens (including phenoxy) is 1. The number of nitrogens with zero attached hydrogens (tertiary/aromatic N) is 1. The molecule has 0 aliphatic carbocycles. The van der Waals surface area contributed by atoms with Crippen molar-refractivity contribution < 1.29 is 22.6 Å². The SMILES string of the molecule is CC(C)Oc1c(Cl)cccc1[C](Cl)=[Ru+].Cc1cc(C)c(C2(c3c(C)cc(C)cc3C)[N-]CCN2)c(C)c1. The monoisotopic (exact) mass is 625 g/mol. The van der Waals surface area contributed by atoms with Crippen LogP contribution in [0.5, 0.6) is 5.75 Å². The Morgan fingerprint density at radius 1 is 0.919 bits per heavy atom. The van der Waals surface area contributed by atoms with Crippen LogP contribution in [-0.2, 0) is 23.5 Å². The Bertz CT molecular complexity index is 1190. The number of para-hydroxylation sites is 1. The molecule has 0 amide bonds. The van der Waals surface area contributed by atoms with Gasteiger partial charge in [-0.2, -0.15) is 0 Å². The number of aryl methyl sites for hydroxylation is 6. The van der Waals surface area contributed by atoms with Crippen LogP contribution in [0, 0.1) is 41.5 Å². The van der Waals surface area contributed by atoms with Crippen LogP contribution in [-0.4, -0.2) is 22.8 Å². The maximum Gasteiger partial charge on any atom is -0.0196 e. The number of hydrogen-bond donors (Lipinski definition) is 1. The Balaban J connectivity index is 0.000000233. The standard InChI is InChI=1S/C21H27N2.C10H10Cl2O.Ru/c1-13-9-15(3)19(16(4)10-13)21(22-7-8-23-21)20-17(5)11-14(2)12-18(20)6;1-7(2)13-10-8(6-11)4-3-5-9(10)12;/h9-12,22H,7-8H2,1-6H3;3-5,7H,1-2H3;/q-1;;+1. The smallest absolute Gasteiger partial charge is 0.0196 e. The zero-order chi connectivity index (χ0) is 27.5. The summed E-state index contributed by atoms with van der Waals surface area (Å²) in [5.41, 5.74) is 11.0. The van der Waals surface area contributed by atoms with Gasteiger partial charge in [0, 0.05) is 0 Å². The van der Waals surface area contributed by atoms with E-state index in [1.165, 1.54) is 44.5 Å². The van der Waals surface area contributed by atoms with Crippen molar-refractivity contribution >= 4 is 26.8 Å². The molecule has 1 fully saturated rings. The summed E-state index contributed by atoms with van der Waals surface area (Å²) in [4.78, 5) is 0. The molecule has 0 unspecified atom stereocenters. The molecule has 0 saturated carbocycles. The molecule has 0 radical (unpaired) electrons. The van der Waals surface area contributed by atoms with Crippen molar-refractivity contribution in [3.63, 3.8) is 0 Å². The Morgan fingerprint density at radius 3 is 1.78 bits per heavy atom. The third-order valence-electron chi connectivity index (χ3n) is 6.44. The summed E-state index contributed by atoms with van der Waals surface area (Å²) in [6, 6.07) is 14.6. The quantitative estimate of drug-likeness (QED) is 0.291. The number of rotatable bonds is 5. The molecule has 0 atom stereocenters. The summed E-state index contributed by atoms with van der Waals surface area (Å²) in [6.07, 6.45) is 0.0799. The first kappa shape index (κ1) is 30.0. The predicted molar refractivity (Wildman–Crippen MR) is 155 cm³/mol. The van der Waals surface area contributed by atoms with Gasteiger partial charge in [0.2, 0.25) is 0 Å². The molecule has 3 aromatic rings. The van der Waals surface area contributed by atoms with E-state index in [2.05, 4.69) is 89.0 Å². The Hall–Kier alpha value is -1.55. The number of benzene rings is 3. The third-order valence-corrected chi connectivity index (χ3v) is 7.41. The normalized spacial score (nSPS) is 14.4. The second kappa shape index (κ2) is 12.5. The van der Waals surface area contributed by atoms with Crippen molar-refractivity contribution in [2.75, 3.05) is 13.1 Å². The first-order valence-corrected chi connectivity index (χ1v) is 14.2. The van der Waals surface area contributed by atoms with Crippen molar-refractivity contribution in [2.45, 2.75) is 67.2 Å². The molecule has 4 rings (SSSR count). The van der Waals surface area contributed by atoms with Crippen LogP contribution in [0.3, 0.4) is 0 Å². The summed E-state index contributed by atoms with van der Waals surface area (Å²) in [6.45, 7) is 18.9. The molecule has 3 aromatic carbocycles. The van der Waals surface area contributed by atoms with Gasteiger partial charge >= 0.3 is 104 Å². The molecular weight excluding hydrogens is 588 g/mol. The molecule has 199 valence electrons. The molecule has 1 aliphatic heterocycles. The maximum atomic E-state index is 6.01. The Labute approximate surface area is 242 Å². The van der Waals surface area contributed by atoms with Gasteiger partial charge in [-0.25, -0.2) is 0 Å². The first-order chi connectivity index (χ1) is 17.4. The van der Waals surface area contributed by atoms with Crippen molar-refractivity contribution in [3.05, 3.63) is 103 Å². The fraction of sp³-hybridized carbons (Fsp3) is 0.387. The number of nitrogens with one attached hydrogen (secondary N) is 1. The van der Waals surface area contributed by atoms with Crippen LogP contribution < -0.4 is 10.1 Å². The molecule has 1 aliphatic rings. The summed E-state index contributed by atoms with van der Waals surface area (Å²) in [5, 5.41) is 9.42. The first-order valence-electron chi connectivity index (χ1n) is 12.6. The average molecular weight is 626 g/mol. The van der Waals surface area contributed by atoms with E-state index in [0.29, 0.717) is 14.3 Å². The molecule has 0 aromatic heterocycles. The van der Waals surface area contributed by atoms with Crippen LogP contribution >= 0.6 is 23.2 Å². The van der Waals surface area contributed by atoms with Crippen LogP contribution in [0.25, 0.3) is 5.32 Å². The summed E-state index contributed by atoms with van der Waals surface area (Å²) in [7, 11) is 0. The summed E-state index contributed by atoms with van der Waals surface area (Å²) in [5.74, 6) is 0.646. The van der Waals surface area contributed by atoms with E-state index in [0.717, 1.165) is 18.7 Å². The topological polar surface area (TPSA) is 35.4 Å². The van der Waals surface area contributed by atoms with Crippen LogP contribution in [0.2, 0.25) is 5.02 Å². The van der Waals surface area contributed by atoms with E-state index in [1.807, 2.05) is 26.0 Å². The van der Waals surface area contributed by atoms with Crippen molar-refractivity contribution in [2.24, 2.45) is 0 Å². The zero-order valence-corrected chi connectivity index (χ0v) is 26.2. The molecule has 1 N–H and O–H groups in total. The average Bonchev–Trinajstić information content (AvgIpc) is 3.23. The van der Waals surface area contributed by atoms with E-state index < -0.39 is 5.66 Å². The van der Waals surface area contributed by atoms with Gasteiger partial charge in [-0.1, -0.05) is 35.4 Å². The van der Waals surface area contributed by atoms with Gasteiger partial charge in [-0.15, -0.1) is 6.54 Å². The largest absolute Gasteiger partial charge is 0.635 e. The molecule has 0 bridgehead atoms. The second-order valence-corrected chi connectivity index (χ2v) is 12.2. The second-order valence-electron chi connectivity index (χ2n) is 10.1. The van der Waals surface area contributed by atoms with Gasteiger partial charge in [-0.05, 0) is 87.1 Å². The minimum Gasteiger partial charge on any atom is -0.635 e. The van der Waals surface area contributed by atoms with Gasteiger partial charge in [-0.3, -0.25) is 0 Å². The van der Waals surface area contributed by atoms with E-state index in [4.69, 9.17) is 33.3 Å². The fourth-order valence-corrected chi connectivity index (χ4v) is 6.20. The van der Waals surface area contributed by atoms with E-state index in [9.17, 15) is 0 Å². The zero-order valence-electron chi connectivity index (χ0n) is 23.0. The minimum absolute atomic E-state index is 0.0799. The van der Waals surface area contributed by atoms with Crippen molar-refractivity contribution in [1.82, 2.24) is 5.32 Å². The van der Waals surface area contributed by atoms with Gasteiger partial charge in [0.1, 0.15) is 0 Å². The van der Waals surface area contributed by atoms with E-state index in [-0.39, 0.29) is 6.10 Å². The molecular formula is C31H37Cl2N2ORu. The van der Waals surface area contributed by atoms with Crippen molar-refractivity contribution in [1.29, 1.82) is 0 Å². The summed E-state index contributed by atoms with van der Waals surface area (Å²) < 4.78 is 6.20. The minimum atomic E-state index is -0.399. The van der Waals surface area contributed by atoms with Gasteiger partial charge < -0.3 is 10.6 Å². The summed E-state index contributed by atoms with van der Waals surface area (Å²) >= 11 is 14.3. The van der Waals surface area contributed by atoms with Crippen LogP contribution in [0.4, 0.5) is 0 Å². The Morgan fingerprint density at radius 2 is 1.41 bits per heavy atom. The fourth-order valence-electron chi connectivity index (χ4n) is 5.49. The molecule has 6 heteroatoms. The molecule has 1 saturated heterocycles. The molecule has 1 heterocycles. The van der Waals surface area contributed by atoms with E-state index in [1.54, 1.807) is 6.07 Å². The number of hydrogen-bond acceptors (Lipinski definition) is 2. The van der Waals surface area contributed by atoms with Crippen molar-refractivity contribution in [3.8, 4) is 5.75 Å². The maximum absolute atomic E-state index is 6.01.